The van der Waals surface area contributed by atoms with Crippen LogP contribution in [0.2, 0.25) is 0 Å². The van der Waals surface area contributed by atoms with Gasteiger partial charge in [-0.3, -0.25) is 4.79 Å². The van der Waals surface area contributed by atoms with Gasteiger partial charge in [-0.1, -0.05) is 6.07 Å². The maximum absolute atomic E-state index is 13.5. The lowest BCUT2D eigenvalue weighted by molar-refractivity contribution is 0.293. The molecule has 0 aliphatic carbocycles. The lowest BCUT2D eigenvalue weighted by Crippen LogP contribution is -2.26. The molecule has 0 aliphatic rings. The normalized spacial score (nSPS) is 12.2. The minimum Gasteiger partial charge on any atom is -0.490 e. The van der Waals surface area contributed by atoms with Crippen LogP contribution in [0.5, 0.6) is 5.75 Å². The van der Waals surface area contributed by atoms with Gasteiger partial charge in [0.1, 0.15) is 24.0 Å². The molecule has 0 spiro atoms. The summed E-state index contributed by atoms with van der Waals surface area (Å²) in [5.74, 6) is -1.09. The van der Waals surface area contributed by atoms with Gasteiger partial charge in [0.2, 0.25) is 0 Å². The molecule has 0 bridgehead atoms. The van der Waals surface area contributed by atoms with E-state index in [-0.39, 0.29) is 24.8 Å². The smallest absolute Gasteiger partial charge is 0.270 e. The van der Waals surface area contributed by atoms with E-state index in [0.29, 0.717) is 5.75 Å². The van der Waals surface area contributed by atoms with Crippen LogP contribution in [0.4, 0.5) is 8.78 Å². The van der Waals surface area contributed by atoms with Gasteiger partial charge in [-0.15, -0.1) is 0 Å². The van der Waals surface area contributed by atoms with Crippen LogP contribution in [-0.4, -0.2) is 22.4 Å². The third-order valence-corrected chi connectivity index (χ3v) is 2.69. The Morgan fingerprint density at radius 1 is 1.38 bits per heavy atom. The number of halogens is 2. The van der Waals surface area contributed by atoms with Crippen molar-refractivity contribution >= 4 is 0 Å². The van der Waals surface area contributed by atoms with Crippen molar-refractivity contribution in [1.82, 2.24) is 9.78 Å². The fraction of sp³-hybridized carbons (Fsp3) is 0.286. The van der Waals surface area contributed by atoms with Crippen molar-refractivity contribution in [2.24, 2.45) is 5.73 Å². The van der Waals surface area contributed by atoms with Crippen LogP contribution >= 0.6 is 0 Å². The minimum atomic E-state index is -0.721. The van der Waals surface area contributed by atoms with Gasteiger partial charge in [-0.05, 0) is 13.0 Å². The lowest BCUT2D eigenvalue weighted by Gasteiger charge is -2.10. The van der Waals surface area contributed by atoms with Gasteiger partial charge >= 0.3 is 0 Å². The minimum absolute atomic E-state index is 0.0848. The zero-order chi connectivity index (χ0) is 15.4. The molecule has 0 radical (unpaired) electrons. The second-order valence-electron chi connectivity index (χ2n) is 4.71. The van der Waals surface area contributed by atoms with Crippen LogP contribution in [0, 0.1) is 11.6 Å². The summed E-state index contributed by atoms with van der Waals surface area (Å²) in [4.78, 5) is 11.9. The molecule has 2 N–H and O–H groups in total. The van der Waals surface area contributed by atoms with Gasteiger partial charge in [-0.2, -0.15) is 5.10 Å². The number of hydrogen-bond donors (Lipinski definition) is 1. The van der Waals surface area contributed by atoms with Crippen LogP contribution in [0.1, 0.15) is 12.5 Å². The summed E-state index contributed by atoms with van der Waals surface area (Å²) in [6.45, 7) is 1.95. The molecular formula is C14H15F2N3O2. The van der Waals surface area contributed by atoms with Crippen molar-refractivity contribution < 1.29 is 13.5 Å². The molecule has 0 fully saturated rings. The number of hydrogen-bond acceptors (Lipinski definition) is 4. The fourth-order valence-electron chi connectivity index (χ4n) is 1.65. The Kier molecular flexibility index (Phi) is 4.64. The van der Waals surface area contributed by atoms with E-state index in [1.165, 1.54) is 18.3 Å². The number of rotatable bonds is 5. The van der Waals surface area contributed by atoms with Gasteiger partial charge in [0.25, 0.3) is 5.56 Å². The van der Waals surface area contributed by atoms with E-state index >= 15 is 0 Å². The fourth-order valence-corrected chi connectivity index (χ4v) is 1.65. The average molecular weight is 295 g/mol. The molecule has 2 aromatic rings. The van der Waals surface area contributed by atoms with Crippen molar-refractivity contribution in [2.75, 3.05) is 6.61 Å². The lowest BCUT2D eigenvalue weighted by atomic mass is 10.2. The van der Waals surface area contributed by atoms with Crippen LogP contribution in [0.25, 0.3) is 0 Å². The van der Waals surface area contributed by atoms with Gasteiger partial charge < -0.3 is 10.5 Å². The quantitative estimate of drug-likeness (QED) is 0.902. The number of nitrogens with zero attached hydrogens (tertiary/aromatic N) is 2. The summed E-state index contributed by atoms with van der Waals surface area (Å²) in [6, 6.07) is 4.25. The van der Waals surface area contributed by atoms with Crippen molar-refractivity contribution in [2.45, 2.75) is 19.5 Å². The Labute approximate surface area is 120 Å². The highest BCUT2D eigenvalue weighted by molar-refractivity contribution is 5.19. The van der Waals surface area contributed by atoms with Crippen LogP contribution in [0.15, 0.2) is 35.3 Å². The highest BCUT2D eigenvalue weighted by Crippen LogP contribution is 2.10. The molecule has 0 saturated heterocycles. The first kappa shape index (κ1) is 15.1. The summed E-state index contributed by atoms with van der Waals surface area (Å²) in [7, 11) is 0. The van der Waals surface area contributed by atoms with E-state index < -0.39 is 17.2 Å². The number of benzene rings is 1. The van der Waals surface area contributed by atoms with Gasteiger partial charge in [0.05, 0.1) is 12.7 Å². The zero-order valence-corrected chi connectivity index (χ0v) is 11.4. The number of ether oxygens (including phenoxy) is 1. The molecule has 1 aromatic carbocycles. The second kappa shape index (κ2) is 6.45. The Hall–Kier alpha value is -2.28. The first-order valence-electron chi connectivity index (χ1n) is 6.35. The molecule has 1 atom stereocenters. The van der Waals surface area contributed by atoms with E-state index in [4.69, 9.17) is 10.5 Å². The van der Waals surface area contributed by atoms with Crippen LogP contribution in [-0.2, 0) is 6.54 Å². The third-order valence-electron chi connectivity index (χ3n) is 2.69. The van der Waals surface area contributed by atoms with Gasteiger partial charge in [-0.25, -0.2) is 13.5 Å². The van der Waals surface area contributed by atoms with Crippen molar-refractivity contribution in [3.8, 4) is 5.75 Å². The maximum atomic E-state index is 13.5. The highest BCUT2D eigenvalue weighted by atomic mass is 19.1. The predicted octanol–water partition coefficient (Wildman–Crippen LogP) is 1.30. The van der Waals surface area contributed by atoms with Crippen LogP contribution in [0.3, 0.4) is 0 Å². The molecule has 0 amide bonds. The van der Waals surface area contributed by atoms with Crippen LogP contribution < -0.4 is 16.0 Å². The SMILES string of the molecule is CC(N)COc1cnn(Cc2ccc(F)cc2F)c(=O)c1. The largest absolute Gasteiger partial charge is 0.490 e. The van der Waals surface area contributed by atoms with Gasteiger partial charge in [0, 0.05) is 23.7 Å². The predicted molar refractivity (Wildman–Crippen MR) is 73.1 cm³/mol. The monoisotopic (exact) mass is 295 g/mol. The third kappa shape index (κ3) is 4.09. The standard InChI is InChI=1S/C14H15F2N3O2/c1-9(17)8-21-12-5-14(20)19(18-6-12)7-10-2-3-11(15)4-13(10)16/h2-6,9H,7-8,17H2,1H3. The maximum Gasteiger partial charge on any atom is 0.270 e. The molecule has 1 heterocycles. The summed E-state index contributed by atoms with van der Waals surface area (Å²) in [5.41, 5.74) is 5.27. The molecule has 5 nitrogen and oxygen atoms in total. The first-order valence-corrected chi connectivity index (χ1v) is 6.35. The Bertz CT molecular complexity index is 686. The Morgan fingerprint density at radius 3 is 2.76 bits per heavy atom. The average Bonchev–Trinajstić information content (AvgIpc) is 2.42. The molecule has 0 aliphatic heterocycles. The summed E-state index contributed by atoms with van der Waals surface area (Å²) < 4.78 is 32.7. The molecule has 1 aromatic heterocycles. The van der Waals surface area contributed by atoms with E-state index in [0.717, 1.165) is 16.8 Å². The summed E-state index contributed by atoms with van der Waals surface area (Å²) >= 11 is 0. The van der Waals surface area contributed by atoms with E-state index in [2.05, 4.69) is 5.10 Å². The van der Waals surface area contributed by atoms with Gasteiger partial charge in [0.15, 0.2) is 0 Å². The molecule has 0 saturated carbocycles. The molecule has 1 unspecified atom stereocenters. The second-order valence-corrected chi connectivity index (χ2v) is 4.71. The van der Waals surface area contributed by atoms with E-state index in [9.17, 15) is 13.6 Å². The topological polar surface area (TPSA) is 70.1 Å². The Morgan fingerprint density at radius 2 is 2.14 bits per heavy atom. The van der Waals surface area contributed by atoms with Crippen molar-refractivity contribution in [3.63, 3.8) is 0 Å². The zero-order valence-electron chi connectivity index (χ0n) is 11.4. The molecule has 7 heteroatoms. The molecule has 2 rings (SSSR count). The van der Waals surface area contributed by atoms with Crippen molar-refractivity contribution in [1.29, 1.82) is 0 Å². The number of aromatic nitrogens is 2. The molecule has 112 valence electrons. The molecular weight excluding hydrogens is 280 g/mol. The first-order chi connectivity index (χ1) is 9.95. The van der Waals surface area contributed by atoms with E-state index in [1.54, 1.807) is 6.92 Å². The van der Waals surface area contributed by atoms with E-state index in [1.807, 2.05) is 0 Å². The number of nitrogens with two attached hydrogens (primary N) is 1. The summed E-state index contributed by atoms with van der Waals surface area (Å²) in [5, 5.41) is 3.89. The highest BCUT2D eigenvalue weighted by Gasteiger charge is 2.08. The molecule has 21 heavy (non-hydrogen) atoms. The summed E-state index contributed by atoms with van der Waals surface area (Å²) in [6.07, 6.45) is 1.35. The van der Waals surface area contributed by atoms with Crippen molar-refractivity contribution in [3.05, 3.63) is 58.0 Å². The Balaban J connectivity index is 2.16.